The standard InChI is InChI=1S/C14H25NO/c1-3-11-7-8-14(16)12(9-11)13-6-4-5-10(2)15-13/h10-13,15H,3-9H2,1-2H3. The number of hydrogen-bond acceptors (Lipinski definition) is 2. The van der Waals surface area contributed by atoms with Gasteiger partial charge in [-0.2, -0.15) is 0 Å². The second kappa shape index (κ2) is 5.31. The van der Waals surface area contributed by atoms with Crippen LogP contribution in [0.3, 0.4) is 0 Å². The van der Waals surface area contributed by atoms with E-state index in [4.69, 9.17) is 0 Å². The van der Waals surface area contributed by atoms with Crippen molar-refractivity contribution in [1.29, 1.82) is 0 Å². The van der Waals surface area contributed by atoms with Crippen molar-refractivity contribution in [2.24, 2.45) is 11.8 Å². The zero-order valence-corrected chi connectivity index (χ0v) is 10.7. The Morgan fingerprint density at radius 2 is 2.12 bits per heavy atom. The minimum atomic E-state index is 0.321. The maximum Gasteiger partial charge on any atom is 0.137 e. The van der Waals surface area contributed by atoms with E-state index in [0.717, 1.165) is 25.2 Å². The van der Waals surface area contributed by atoms with E-state index in [-0.39, 0.29) is 0 Å². The molecule has 1 aliphatic carbocycles. The van der Waals surface area contributed by atoms with Gasteiger partial charge in [0.25, 0.3) is 0 Å². The van der Waals surface area contributed by atoms with E-state index >= 15 is 0 Å². The SMILES string of the molecule is CCC1CCC(=O)C(C2CCCC(C)N2)C1. The molecule has 4 atom stereocenters. The van der Waals surface area contributed by atoms with Crippen LogP contribution in [0.5, 0.6) is 0 Å². The monoisotopic (exact) mass is 223 g/mol. The van der Waals surface area contributed by atoms with Crippen LogP contribution in [0.15, 0.2) is 0 Å². The predicted molar refractivity (Wildman–Crippen MR) is 66.4 cm³/mol. The van der Waals surface area contributed by atoms with Crippen molar-refractivity contribution in [2.75, 3.05) is 0 Å². The summed E-state index contributed by atoms with van der Waals surface area (Å²) in [6, 6.07) is 1.08. The molecule has 92 valence electrons. The lowest BCUT2D eigenvalue weighted by molar-refractivity contribution is -0.127. The van der Waals surface area contributed by atoms with Crippen LogP contribution < -0.4 is 5.32 Å². The molecule has 4 unspecified atom stereocenters. The van der Waals surface area contributed by atoms with Crippen LogP contribution in [0.25, 0.3) is 0 Å². The average Bonchev–Trinajstić information content (AvgIpc) is 2.30. The molecule has 2 nitrogen and oxygen atoms in total. The minimum absolute atomic E-state index is 0.321. The second-order valence-electron chi connectivity index (χ2n) is 5.73. The number of rotatable bonds is 2. The van der Waals surface area contributed by atoms with E-state index in [1.807, 2.05) is 0 Å². The molecule has 1 saturated heterocycles. The molecule has 0 aromatic carbocycles. The summed E-state index contributed by atoms with van der Waals surface area (Å²) in [5.41, 5.74) is 0. The quantitative estimate of drug-likeness (QED) is 0.780. The summed E-state index contributed by atoms with van der Waals surface area (Å²) in [6.45, 7) is 4.51. The lowest BCUT2D eigenvalue weighted by Gasteiger charge is -2.38. The highest BCUT2D eigenvalue weighted by Crippen LogP contribution is 2.33. The van der Waals surface area contributed by atoms with Crippen molar-refractivity contribution >= 4 is 5.78 Å². The Balaban J connectivity index is 1.97. The number of piperidine rings is 1. The summed E-state index contributed by atoms with van der Waals surface area (Å²) < 4.78 is 0. The van der Waals surface area contributed by atoms with Crippen molar-refractivity contribution in [1.82, 2.24) is 5.32 Å². The van der Waals surface area contributed by atoms with Gasteiger partial charge in [-0.15, -0.1) is 0 Å². The van der Waals surface area contributed by atoms with Crippen LogP contribution in [0.4, 0.5) is 0 Å². The Kier molecular flexibility index (Phi) is 4.01. The predicted octanol–water partition coefficient (Wildman–Crippen LogP) is 2.91. The topological polar surface area (TPSA) is 29.1 Å². The van der Waals surface area contributed by atoms with E-state index < -0.39 is 0 Å². The van der Waals surface area contributed by atoms with E-state index in [0.29, 0.717) is 23.8 Å². The highest BCUT2D eigenvalue weighted by atomic mass is 16.1. The molecule has 2 heteroatoms. The fourth-order valence-electron chi connectivity index (χ4n) is 3.39. The van der Waals surface area contributed by atoms with Crippen molar-refractivity contribution < 1.29 is 4.79 Å². The Hall–Kier alpha value is -0.370. The lowest BCUT2D eigenvalue weighted by atomic mass is 9.74. The van der Waals surface area contributed by atoms with Gasteiger partial charge in [0, 0.05) is 24.4 Å². The molecular formula is C14H25NO. The first-order valence-corrected chi connectivity index (χ1v) is 6.99. The van der Waals surface area contributed by atoms with E-state index in [2.05, 4.69) is 19.2 Å². The molecule has 16 heavy (non-hydrogen) atoms. The van der Waals surface area contributed by atoms with E-state index in [1.54, 1.807) is 0 Å². The van der Waals surface area contributed by atoms with Gasteiger partial charge in [-0.05, 0) is 38.5 Å². The Labute approximate surface area is 99.2 Å². The van der Waals surface area contributed by atoms with Gasteiger partial charge in [-0.1, -0.05) is 19.8 Å². The van der Waals surface area contributed by atoms with Gasteiger partial charge < -0.3 is 5.32 Å². The lowest BCUT2D eigenvalue weighted by Crippen LogP contribution is -2.48. The third-order valence-corrected chi connectivity index (χ3v) is 4.51. The first-order valence-electron chi connectivity index (χ1n) is 6.99. The molecule has 1 saturated carbocycles. The summed E-state index contributed by atoms with van der Waals surface area (Å²) in [5.74, 6) is 1.64. The van der Waals surface area contributed by atoms with E-state index in [1.165, 1.54) is 25.7 Å². The summed E-state index contributed by atoms with van der Waals surface area (Å²) in [7, 11) is 0. The van der Waals surface area contributed by atoms with Gasteiger partial charge in [-0.3, -0.25) is 4.79 Å². The van der Waals surface area contributed by atoms with Crippen LogP contribution in [-0.4, -0.2) is 17.9 Å². The Bertz CT molecular complexity index is 251. The van der Waals surface area contributed by atoms with Gasteiger partial charge in [0.1, 0.15) is 5.78 Å². The molecular weight excluding hydrogens is 198 g/mol. The molecule has 0 radical (unpaired) electrons. The first kappa shape index (κ1) is 12.1. The van der Waals surface area contributed by atoms with Crippen molar-refractivity contribution in [2.45, 2.75) is 70.9 Å². The number of hydrogen-bond donors (Lipinski definition) is 1. The van der Waals surface area contributed by atoms with Crippen LogP contribution in [-0.2, 0) is 4.79 Å². The summed E-state index contributed by atoms with van der Waals surface area (Å²) in [4.78, 5) is 12.0. The minimum Gasteiger partial charge on any atom is -0.311 e. The van der Waals surface area contributed by atoms with Gasteiger partial charge in [0.05, 0.1) is 0 Å². The van der Waals surface area contributed by atoms with Gasteiger partial charge in [0.15, 0.2) is 0 Å². The highest BCUT2D eigenvalue weighted by Gasteiger charge is 2.35. The number of carbonyl (C=O) groups excluding carboxylic acids is 1. The van der Waals surface area contributed by atoms with Gasteiger partial charge in [0.2, 0.25) is 0 Å². The zero-order chi connectivity index (χ0) is 11.5. The van der Waals surface area contributed by atoms with Crippen molar-refractivity contribution in [3.8, 4) is 0 Å². The van der Waals surface area contributed by atoms with Crippen LogP contribution >= 0.6 is 0 Å². The molecule has 2 fully saturated rings. The second-order valence-corrected chi connectivity index (χ2v) is 5.73. The van der Waals surface area contributed by atoms with Gasteiger partial charge in [-0.25, -0.2) is 0 Å². The number of nitrogens with one attached hydrogen (secondary N) is 1. The average molecular weight is 223 g/mol. The summed E-state index contributed by atoms with van der Waals surface area (Å²) in [5, 5.41) is 3.64. The highest BCUT2D eigenvalue weighted by molar-refractivity contribution is 5.82. The smallest absolute Gasteiger partial charge is 0.137 e. The first-order chi connectivity index (χ1) is 7.70. The Morgan fingerprint density at radius 1 is 1.31 bits per heavy atom. The number of carbonyl (C=O) groups is 1. The molecule has 1 heterocycles. The maximum atomic E-state index is 12.0. The van der Waals surface area contributed by atoms with Gasteiger partial charge >= 0.3 is 0 Å². The van der Waals surface area contributed by atoms with E-state index in [9.17, 15) is 4.79 Å². The molecule has 0 aromatic rings. The molecule has 2 aliphatic rings. The molecule has 0 bridgehead atoms. The molecule has 1 aliphatic heterocycles. The van der Waals surface area contributed by atoms with Crippen molar-refractivity contribution in [3.05, 3.63) is 0 Å². The molecule has 2 rings (SSSR count). The summed E-state index contributed by atoms with van der Waals surface area (Å²) in [6.07, 6.45) is 8.11. The maximum absolute atomic E-state index is 12.0. The largest absolute Gasteiger partial charge is 0.311 e. The fraction of sp³-hybridized carbons (Fsp3) is 0.929. The van der Waals surface area contributed by atoms with Crippen LogP contribution in [0.1, 0.15) is 58.8 Å². The number of Topliss-reactive ketones (excluding diaryl/α,β-unsaturated/α-hetero) is 1. The molecule has 0 amide bonds. The van der Waals surface area contributed by atoms with Crippen LogP contribution in [0.2, 0.25) is 0 Å². The van der Waals surface area contributed by atoms with Crippen molar-refractivity contribution in [3.63, 3.8) is 0 Å². The fourth-order valence-corrected chi connectivity index (χ4v) is 3.39. The molecule has 0 aromatic heterocycles. The normalized spacial score (nSPS) is 41.0. The summed E-state index contributed by atoms with van der Waals surface area (Å²) >= 11 is 0. The molecule has 1 N–H and O–H groups in total. The third-order valence-electron chi connectivity index (χ3n) is 4.51. The number of ketones is 1. The third kappa shape index (κ3) is 2.65. The molecule has 0 spiro atoms. The zero-order valence-electron chi connectivity index (χ0n) is 10.7. The van der Waals surface area contributed by atoms with Crippen LogP contribution in [0, 0.1) is 11.8 Å². The Morgan fingerprint density at radius 3 is 2.81 bits per heavy atom.